The number of fused-ring (bicyclic) bond motifs is 5. The highest BCUT2D eigenvalue weighted by Gasteiger charge is 2.50. The van der Waals surface area contributed by atoms with Crippen molar-refractivity contribution < 1.29 is 4.74 Å². The summed E-state index contributed by atoms with van der Waals surface area (Å²) in [5.41, 5.74) is 3.88. The van der Waals surface area contributed by atoms with Crippen LogP contribution in [0.1, 0.15) is 62.5 Å². The van der Waals surface area contributed by atoms with Crippen molar-refractivity contribution in [2.24, 2.45) is 17.3 Å². The minimum atomic E-state index is 0.672. The fraction of sp³-hybridized carbons (Fsp3) is 0.684. The molecule has 0 aromatic heterocycles. The van der Waals surface area contributed by atoms with E-state index < -0.39 is 0 Å². The van der Waals surface area contributed by atoms with E-state index in [1.807, 2.05) is 0 Å². The van der Waals surface area contributed by atoms with Gasteiger partial charge in [0.15, 0.2) is 0 Å². The van der Waals surface area contributed by atoms with Gasteiger partial charge in [0.05, 0.1) is 7.11 Å². The van der Waals surface area contributed by atoms with Gasteiger partial charge in [0.2, 0.25) is 0 Å². The van der Waals surface area contributed by atoms with E-state index in [1.54, 1.807) is 18.2 Å². The van der Waals surface area contributed by atoms with Crippen molar-refractivity contribution in [2.45, 2.75) is 57.8 Å². The lowest BCUT2D eigenvalue weighted by molar-refractivity contribution is 0.0598. The standard InChI is InChI=1S/C19H26O/c1-19-10-3-4-18(19)17-7-5-13-12-14(20-2)6-8-15(13)16(17)9-11-19/h6,8,12,16-18H,3-5,7,9-11H2,1-2H3/t16-,17+,18-,19-/m0/s1. The largest absolute Gasteiger partial charge is 0.497 e. The van der Waals surface area contributed by atoms with E-state index in [-0.39, 0.29) is 0 Å². The van der Waals surface area contributed by atoms with Gasteiger partial charge in [-0.05, 0) is 85.0 Å². The van der Waals surface area contributed by atoms with Gasteiger partial charge in [0.1, 0.15) is 5.75 Å². The summed E-state index contributed by atoms with van der Waals surface area (Å²) in [5.74, 6) is 3.82. The van der Waals surface area contributed by atoms with E-state index in [4.69, 9.17) is 4.74 Å². The summed E-state index contributed by atoms with van der Waals surface area (Å²) in [6, 6.07) is 6.82. The molecule has 1 nitrogen and oxygen atoms in total. The first-order chi connectivity index (χ1) is 9.71. The Balaban J connectivity index is 1.69. The third-order valence-corrected chi connectivity index (χ3v) is 6.71. The van der Waals surface area contributed by atoms with Crippen LogP contribution in [0, 0.1) is 17.3 Å². The van der Waals surface area contributed by atoms with Gasteiger partial charge in [-0.15, -0.1) is 0 Å². The van der Waals surface area contributed by atoms with Gasteiger partial charge >= 0.3 is 0 Å². The summed E-state index contributed by atoms with van der Waals surface area (Å²) in [4.78, 5) is 0. The SMILES string of the molecule is COc1ccc2c(c1)CC[C@@H]1[C@H]2CC[C@]2(C)CCC[C@@H]12. The zero-order valence-corrected chi connectivity index (χ0v) is 12.8. The first kappa shape index (κ1) is 12.7. The highest BCUT2D eigenvalue weighted by Crippen LogP contribution is 2.60. The van der Waals surface area contributed by atoms with Gasteiger partial charge in [-0.25, -0.2) is 0 Å². The van der Waals surface area contributed by atoms with Crippen LogP contribution in [0.4, 0.5) is 0 Å². The number of ether oxygens (including phenoxy) is 1. The summed E-state index contributed by atoms with van der Waals surface area (Å²) in [6.07, 6.45) is 9.98. The molecule has 0 aliphatic heterocycles. The Bertz CT molecular complexity index is 520. The monoisotopic (exact) mass is 270 g/mol. The Labute approximate surface area is 122 Å². The van der Waals surface area contributed by atoms with Gasteiger partial charge in [-0.1, -0.05) is 19.4 Å². The molecule has 0 heterocycles. The molecule has 108 valence electrons. The zero-order chi connectivity index (χ0) is 13.7. The lowest BCUT2D eigenvalue weighted by Gasteiger charge is -2.49. The summed E-state index contributed by atoms with van der Waals surface area (Å²) >= 11 is 0. The van der Waals surface area contributed by atoms with E-state index in [1.165, 1.54) is 44.9 Å². The molecule has 3 aliphatic carbocycles. The predicted octanol–water partition coefficient (Wildman–Crippen LogP) is 4.94. The lowest BCUT2D eigenvalue weighted by Crippen LogP contribution is -2.39. The minimum absolute atomic E-state index is 0.672. The van der Waals surface area contributed by atoms with Crippen molar-refractivity contribution in [3.05, 3.63) is 29.3 Å². The van der Waals surface area contributed by atoms with Gasteiger partial charge in [0, 0.05) is 0 Å². The van der Waals surface area contributed by atoms with Crippen LogP contribution in [0.25, 0.3) is 0 Å². The Morgan fingerprint density at radius 3 is 2.90 bits per heavy atom. The summed E-state index contributed by atoms with van der Waals surface area (Å²) in [7, 11) is 1.78. The second-order valence-electron chi connectivity index (χ2n) is 7.57. The highest BCUT2D eigenvalue weighted by molar-refractivity contribution is 5.40. The Hall–Kier alpha value is -0.980. The Morgan fingerprint density at radius 1 is 1.15 bits per heavy atom. The second-order valence-corrected chi connectivity index (χ2v) is 7.57. The first-order valence-electron chi connectivity index (χ1n) is 8.38. The molecule has 0 unspecified atom stereocenters. The molecule has 4 rings (SSSR count). The highest BCUT2D eigenvalue weighted by atomic mass is 16.5. The topological polar surface area (TPSA) is 9.23 Å². The van der Waals surface area contributed by atoms with E-state index in [0.717, 1.165) is 23.5 Å². The molecule has 0 bridgehead atoms. The molecule has 0 amide bonds. The van der Waals surface area contributed by atoms with Gasteiger partial charge < -0.3 is 4.74 Å². The Morgan fingerprint density at radius 2 is 2.05 bits per heavy atom. The van der Waals surface area contributed by atoms with Crippen LogP contribution in [0.2, 0.25) is 0 Å². The molecule has 20 heavy (non-hydrogen) atoms. The molecule has 0 spiro atoms. The molecule has 1 aromatic carbocycles. The minimum Gasteiger partial charge on any atom is -0.497 e. The summed E-state index contributed by atoms with van der Waals surface area (Å²) in [5, 5.41) is 0. The van der Waals surface area contributed by atoms with Crippen LogP contribution in [0.15, 0.2) is 18.2 Å². The quantitative estimate of drug-likeness (QED) is 0.702. The van der Waals surface area contributed by atoms with Crippen molar-refractivity contribution in [2.75, 3.05) is 7.11 Å². The fourth-order valence-corrected chi connectivity index (χ4v) is 5.68. The van der Waals surface area contributed by atoms with Crippen molar-refractivity contribution in [3.8, 4) is 5.75 Å². The van der Waals surface area contributed by atoms with Crippen molar-refractivity contribution in [3.63, 3.8) is 0 Å². The molecule has 3 aliphatic rings. The number of aryl methyl sites for hydroxylation is 1. The number of methoxy groups -OCH3 is 1. The fourth-order valence-electron chi connectivity index (χ4n) is 5.68. The number of rotatable bonds is 1. The molecule has 2 saturated carbocycles. The van der Waals surface area contributed by atoms with E-state index in [9.17, 15) is 0 Å². The number of benzene rings is 1. The summed E-state index contributed by atoms with van der Waals surface area (Å²) in [6.45, 7) is 2.57. The average molecular weight is 270 g/mol. The molecular formula is C19H26O. The number of hydrogen-bond acceptors (Lipinski definition) is 1. The summed E-state index contributed by atoms with van der Waals surface area (Å²) < 4.78 is 5.40. The molecule has 0 N–H and O–H groups in total. The van der Waals surface area contributed by atoms with Crippen LogP contribution in [-0.2, 0) is 6.42 Å². The van der Waals surface area contributed by atoms with E-state index >= 15 is 0 Å². The zero-order valence-electron chi connectivity index (χ0n) is 12.8. The van der Waals surface area contributed by atoms with E-state index in [2.05, 4.69) is 25.1 Å². The third kappa shape index (κ3) is 1.75. The van der Waals surface area contributed by atoms with Crippen molar-refractivity contribution >= 4 is 0 Å². The van der Waals surface area contributed by atoms with E-state index in [0.29, 0.717) is 5.41 Å². The smallest absolute Gasteiger partial charge is 0.119 e. The van der Waals surface area contributed by atoms with Crippen molar-refractivity contribution in [1.82, 2.24) is 0 Å². The molecular weight excluding hydrogens is 244 g/mol. The second kappa shape index (κ2) is 4.51. The van der Waals surface area contributed by atoms with Crippen LogP contribution >= 0.6 is 0 Å². The van der Waals surface area contributed by atoms with Gasteiger partial charge in [0.25, 0.3) is 0 Å². The maximum absolute atomic E-state index is 5.40. The third-order valence-electron chi connectivity index (χ3n) is 6.71. The van der Waals surface area contributed by atoms with Gasteiger partial charge in [-0.3, -0.25) is 0 Å². The molecule has 4 atom stereocenters. The predicted molar refractivity (Wildman–Crippen MR) is 82.2 cm³/mol. The molecule has 2 fully saturated rings. The van der Waals surface area contributed by atoms with Crippen LogP contribution in [-0.4, -0.2) is 7.11 Å². The molecule has 0 saturated heterocycles. The maximum Gasteiger partial charge on any atom is 0.119 e. The lowest BCUT2D eigenvalue weighted by atomic mass is 9.56. The molecule has 1 aromatic rings. The normalized spacial score (nSPS) is 38.8. The van der Waals surface area contributed by atoms with Crippen molar-refractivity contribution in [1.29, 1.82) is 0 Å². The average Bonchev–Trinajstić information content (AvgIpc) is 2.88. The van der Waals surface area contributed by atoms with Crippen LogP contribution in [0.3, 0.4) is 0 Å². The molecule has 0 radical (unpaired) electrons. The number of hydrogen-bond donors (Lipinski definition) is 0. The van der Waals surface area contributed by atoms with Gasteiger partial charge in [-0.2, -0.15) is 0 Å². The molecule has 1 heteroatoms. The van der Waals surface area contributed by atoms with Crippen LogP contribution < -0.4 is 4.74 Å². The van der Waals surface area contributed by atoms with Crippen LogP contribution in [0.5, 0.6) is 5.75 Å². The first-order valence-corrected chi connectivity index (χ1v) is 8.38. The maximum atomic E-state index is 5.40. The Kier molecular flexibility index (Phi) is 2.87.